The zero-order valence-electron chi connectivity index (χ0n) is 13.5. The van der Waals surface area contributed by atoms with E-state index in [0.717, 1.165) is 37.2 Å². The Morgan fingerprint density at radius 1 is 1.27 bits per heavy atom. The average Bonchev–Trinajstić information content (AvgIpc) is 2.86. The molecule has 2 aliphatic rings. The Hall–Kier alpha value is -1.55. The maximum atomic E-state index is 12.7. The predicted molar refractivity (Wildman–Crippen MR) is 87.3 cm³/mol. The van der Waals surface area contributed by atoms with Crippen LogP contribution < -0.4 is 10.1 Å². The number of carbonyl (C=O) groups is 1. The second-order valence-electron chi connectivity index (χ2n) is 6.54. The van der Waals surface area contributed by atoms with Crippen molar-refractivity contribution in [1.82, 2.24) is 10.2 Å². The zero-order chi connectivity index (χ0) is 15.5. The Balaban J connectivity index is 1.64. The first-order chi connectivity index (χ1) is 10.7. The molecule has 22 heavy (non-hydrogen) atoms. The van der Waals surface area contributed by atoms with Crippen LogP contribution in [-0.2, 0) is 0 Å². The summed E-state index contributed by atoms with van der Waals surface area (Å²) in [6, 6.07) is 8.66. The molecule has 3 unspecified atom stereocenters. The lowest BCUT2D eigenvalue weighted by Gasteiger charge is -2.24. The molecular formula is C18H26N2O2. The van der Waals surface area contributed by atoms with Gasteiger partial charge in [-0.25, -0.2) is 0 Å². The van der Waals surface area contributed by atoms with Crippen molar-refractivity contribution in [3.8, 4) is 5.75 Å². The minimum Gasteiger partial charge on any atom is -0.491 e. The highest BCUT2D eigenvalue weighted by Crippen LogP contribution is 2.22. The number of likely N-dealkylation sites (tertiary alicyclic amines) is 1. The van der Waals surface area contributed by atoms with Crippen LogP contribution in [0.15, 0.2) is 24.3 Å². The van der Waals surface area contributed by atoms with Crippen LogP contribution in [0.2, 0.25) is 0 Å². The quantitative estimate of drug-likeness (QED) is 0.930. The molecule has 120 valence electrons. The summed E-state index contributed by atoms with van der Waals surface area (Å²) in [5.41, 5.74) is 0.759. The Kier molecular flexibility index (Phi) is 4.67. The molecule has 2 saturated heterocycles. The molecule has 3 atom stereocenters. The Bertz CT molecular complexity index is 514. The van der Waals surface area contributed by atoms with E-state index < -0.39 is 0 Å². The van der Waals surface area contributed by atoms with Crippen LogP contribution in [0, 0.1) is 0 Å². The van der Waals surface area contributed by atoms with Gasteiger partial charge in [-0.05, 0) is 56.9 Å². The van der Waals surface area contributed by atoms with Gasteiger partial charge in [-0.3, -0.25) is 4.79 Å². The molecule has 2 heterocycles. The van der Waals surface area contributed by atoms with E-state index in [1.165, 1.54) is 12.8 Å². The van der Waals surface area contributed by atoms with Crippen molar-refractivity contribution in [3.63, 3.8) is 0 Å². The van der Waals surface area contributed by atoms with Crippen molar-refractivity contribution < 1.29 is 9.53 Å². The van der Waals surface area contributed by atoms with Gasteiger partial charge >= 0.3 is 0 Å². The molecule has 1 aromatic rings. The number of carbonyl (C=O) groups excluding carboxylic acids is 1. The van der Waals surface area contributed by atoms with Gasteiger partial charge in [0.25, 0.3) is 5.91 Å². The van der Waals surface area contributed by atoms with E-state index >= 15 is 0 Å². The van der Waals surface area contributed by atoms with Crippen molar-refractivity contribution in [2.75, 3.05) is 13.1 Å². The topological polar surface area (TPSA) is 41.6 Å². The highest BCUT2D eigenvalue weighted by atomic mass is 16.5. The fourth-order valence-electron chi connectivity index (χ4n) is 3.30. The van der Waals surface area contributed by atoms with Gasteiger partial charge in [0.1, 0.15) is 5.75 Å². The molecule has 0 spiro atoms. The van der Waals surface area contributed by atoms with Crippen LogP contribution in [-0.4, -0.2) is 42.1 Å². The normalized spacial score (nSPS) is 25.6. The molecule has 1 amide bonds. The number of nitrogens with one attached hydrogen (secondary N) is 1. The number of amides is 1. The third-order valence-corrected chi connectivity index (χ3v) is 4.82. The van der Waals surface area contributed by atoms with E-state index in [1.54, 1.807) is 0 Å². The second kappa shape index (κ2) is 6.69. The van der Waals surface area contributed by atoms with E-state index in [9.17, 15) is 4.79 Å². The third kappa shape index (κ3) is 3.43. The summed E-state index contributed by atoms with van der Waals surface area (Å²) in [6.07, 6.45) is 4.69. The van der Waals surface area contributed by atoms with Crippen molar-refractivity contribution in [2.24, 2.45) is 0 Å². The van der Waals surface area contributed by atoms with Crippen LogP contribution in [0.3, 0.4) is 0 Å². The number of ether oxygens (including phenoxy) is 1. The van der Waals surface area contributed by atoms with Crippen molar-refractivity contribution in [1.29, 1.82) is 0 Å². The van der Waals surface area contributed by atoms with E-state index in [1.807, 2.05) is 29.2 Å². The summed E-state index contributed by atoms with van der Waals surface area (Å²) >= 11 is 0. The summed E-state index contributed by atoms with van der Waals surface area (Å²) in [5.74, 6) is 0.979. The molecule has 0 saturated carbocycles. The fourth-order valence-corrected chi connectivity index (χ4v) is 3.30. The maximum Gasteiger partial charge on any atom is 0.253 e. The van der Waals surface area contributed by atoms with Gasteiger partial charge in [-0.1, -0.05) is 6.92 Å². The van der Waals surface area contributed by atoms with Crippen LogP contribution >= 0.6 is 0 Å². The Labute approximate surface area is 132 Å². The maximum absolute atomic E-state index is 12.7. The predicted octanol–water partition coefficient (Wildman–Crippen LogP) is 2.83. The lowest BCUT2D eigenvalue weighted by molar-refractivity contribution is 0.0748. The molecule has 1 N–H and O–H groups in total. The third-order valence-electron chi connectivity index (χ3n) is 4.82. The van der Waals surface area contributed by atoms with Gasteiger partial charge in [0, 0.05) is 30.7 Å². The summed E-state index contributed by atoms with van der Waals surface area (Å²) in [4.78, 5) is 14.7. The van der Waals surface area contributed by atoms with E-state index in [0.29, 0.717) is 12.1 Å². The zero-order valence-corrected chi connectivity index (χ0v) is 13.5. The fraction of sp³-hybridized carbons (Fsp3) is 0.611. The van der Waals surface area contributed by atoms with E-state index in [4.69, 9.17) is 4.74 Å². The van der Waals surface area contributed by atoms with Gasteiger partial charge in [0.15, 0.2) is 0 Å². The number of rotatable bonds is 4. The first-order valence-electron chi connectivity index (χ1n) is 8.47. The number of hydrogen-bond donors (Lipinski definition) is 1. The van der Waals surface area contributed by atoms with Gasteiger partial charge in [0.2, 0.25) is 0 Å². The molecular weight excluding hydrogens is 276 g/mol. The van der Waals surface area contributed by atoms with Crippen LogP contribution in [0.1, 0.15) is 49.9 Å². The summed E-state index contributed by atoms with van der Waals surface area (Å²) in [6.45, 7) is 5.85. The van der Waals surface area contributed by atoms with Crippen LogP contribution in [0.5, 0.6) is 5.75 Å². The molecule has 2 aliphatic heterocycles. The summed E-state index contributed by atoms with van der Waals surface area (Å²) in [5, 5.41) is 3.61. The average molecular weight is 302 g/mol. The molecule has 3 rings (SSSR count). The minimum atomic E-state index is 0.143. The SMILES string of the molecule is CCC(C)Oc1ccc(C(=O)N2CCC3CCC(C2)N3)cc1. The number of fused-ring (bicyclic) bond motifs is 2. The van der Waals surface area contributed by atoms with Gasteiger partial charge in [0.05, 0.1) is 6.10 Å². The molecule has 2 bridgehead atoms. The number of benzene rings is 1. The molecule has 4 heteroatoms. The monoisotopic (exact) mass is 302 g/mol. The van der Waals surface area contributed by atoms with Crippen molar-refractivity contribution in [2.45, 2.75) is 57.7 Å². The summed E-state index contributed by atoms with van der Waals surface area (Å²) in [7, 11) is 0. The van der Waals surface area contributed by atoms with E-state index in [-0.39, 0.29) is 12.0 Å². The van der Waals surface area contributed by atoms with E-state index in [2.05, 4.69) is 19.2 Å². The van der Waals surface area contributed by atoms with Crippen LogP contribution in [0.25, 0.3) is 0 Å². The highest BCUT2D eigenvalue weighted by molar-refractivity contribution is 5.94. The Morgan fingerprint density at radius 3 is 2.73 bits per heavy atom. The first kappa shape index (κ1) is 15.3. The summed E-state index contributed by atoms with van der Waals surface area (Å²) < 4.78 is 5.77. The van der Waals surface area contributed by atoms with Gasteiger partial charge < -0.3 is 15.0 Å². The Morgan fingerprint density at radius 2 is 2.00 bits per heavy atom. The molecule has 1 aromatic carbocycles. The largest absolute Gasteiger partial charge is 0.491 e. The number of nitrogens with zero attached hydrogens (tertiary/aromatic N) is 1. The molecule has 0 aromatic heterocycles. The molecule has 4 nitrogen and oxygen atoms in total. The van der Waals surface area contributed by atoms with Crippen molar-refractivity contribution in [3.05, 3.63) is 29.8 Å². The lowest BCUT2D eigenvalue weighted by atomic mass is 10.1. The first-order valence-corrected chi connectivity index (χ1v) is 8.47. The van der Waals surface area contributed by atoms with Crippen LogP contribution in [0.4, 0.5) is 0 Å². The van der Waals surface area contributed by atoms with Gasteiger partial charge in [-0.15, -0.1) is 0 Å². The highest BCUT2D eigenvalue weighted by Gasteiger charge is 2.31. The molecule has 0 radical (unpaired) electrons. The lowest BCUT2D eigenvalue weighted by Crippen LogP contribution is -2.39. The molecule has 2 fully saturated rings. The van der Waals surface area contributed by atoms with Crippen molar-refractivity contribution >= 4 is 5.91 Å². The number of hydrogen-bond acceptors (Lipinski definition) is 3. The standard InChI is InChI=1S/C18H26N2O2/c1-3-13(2)22-17-8-4-14(5-9-17)18(21)20-11-10-15-6-7-16(12-20)19-15/h4-5,8-9,13,15-16,19H,3,6-7,10-12H2,1-2H3. The molecule has 0 aliphatic carbocycles. The smallest absolute Gasteiger partial charge is 0.253 e. The second-order valence-corrected chi connectivity index (χ2v) is 6.54. The van der Waals surface area contributed by atoms with Gasteiger partial charge in [-0.2, -0.15) is 0 Å². The minimum absolute atomic E-state index is 0.143.